The Morgan fingerprint density at radius 3 is 2.46 bits per heavy atom. The fourth-order valence-corrected chi connectivity index (χ4v) is 3.66. The second-order valence-electron chi connectivity index (χ2n) is 7.49. The molecule has 2 aromatic carbocycles. The van der Waals surface area contributed by atoms with Crippen molar-refractivity contribution < 1.29 is 4.79 Å². The number of halogens is 1. The lowest BCUT2D eigenvalue weighted by molar-refractivity contribution is -0.129. The number of para-hydroxylation sites is 1. The van der Waals surface area contributed by atoms with Crippen LogP contribution in [0.15, 0.2) is 90.4 Å². The zero-order valence-corrected chi connectivity index (χ0v) is 21.2. The fraction of sp³-hybridized carbons (Fsp3) is 0.222. The Labute approximate surface area is 212 Å². The third-order valence-electron chi connectivity index (χ3n) is 5.18. The Morgan fingerprint density at radius 1 is 1.17 bits per heavy atom. The van der Waals surface area contributed by atoms with E-state index in [1.807, 2.05) is 74.2 Å². The third-order valence-corrected chi connectivity index (χ3v) is 5.38. The SMILES string of the molecule is C=C(Cl)/C(=C\C=N)N(N)C(=O)CCc1ccccc1N(C)Cc1ccc(-n2cccn2)cc1.CC. The molecule has 0 fully saturated rings. The van der Waals surface area contributed by atoms with E-state index in [0.717, 1.165) is 33.7 Å². The van der Waals surface area contributed by atoms with E-state index in [4.69, 9.17) is 22.9 Å². The number of hydrogen-bond donors (Lipinski definition) is 2. The van der Waals surface area contributed by atoms with Gasteiger partial charge in [-0.15, -0.1) is 0 Å². The lowest BCUT2D eigenvalue weighted by atomic mass is 10.1. The van der Waals surface area contributed by atoms with Crippen molar-refractivity contribution in [2.24, 2.45) is 5.84 Å². The van der Waals surface area contributed by atoms with Crippen LogP contribution in [0.3, 0.4) is 0 Å². The average Bonchev–Trinajstić information content (AvgIpc) is 3.42. The molecule has 0 aliphatic rings. The van der Waals surface area contributed by atoms with Gasteiger partial charge in [-0.3, -0.25) is 4.79 Å². The molecule has 184 valence electrons. The highest BCUT2D eigenvalue weighted by Gasteiger charge is 2.17. The summed E-state index contributed by atoms with van der Waals surface area (Å²) >= 11 is 5.91. The Kier molecular flexibility index (Phi) is 10.9. The van der Waals surface area contributed by atoms with E-state index in [-0.39, 0.29) is 23.1 Å². The maximum atomic E-state index is 12.6. The average molecular weight is 493 g/mol. The highest BCUT2D eigenvalue weighted by atomic mass is 35.5. The van der Waals surface area contributed by atoms with Gasteiger partial charge in [-0.1, -0.05) is 62.4 Å². The van der Waals surface area contributed by atoms with Crippen LogP contribution in [-0.4, -0.2) is 34.0 Å². The number of carbonyl (C=O) groups excluding carboxylic acids is 1. The van der Waals surface area contributed by atoms with Gasteiger partial charge in [0, 0.05) is 44.3 Å². The van der Waals surface area contributed by atoms with E-state index < -0.39 is 0 Å². The van der Waals surface area contributed by atoms with E-state index in [1.165, 1.54) is 6.08 Å². The summed E-state index contributed by atoms with van der Waals surface area (Å²) in [5.74, 6) is 5.60. The first-order valence-corrected chi connectivity index (χ1v) is 11.8. The van der Waals surface area contributed by atoms with E-state index in [9.17, 15) is 4.79 Å². The van der Waals surface area contributed by atoms with Crippen LogP contribution in [0, 0.1) is 5.41 Å². The molecular formula is C27H33ClN6O. The van der Waals surface area contributed by atoms with Crippen molar-refractivity contribution in [2.45, 2.75) is 33.2 Å². The Balaban J connectivity index is 0.00000210. The summed E-state index contributed by atoms with van der Waals surface area (Å²) < 4.78 is 1.82. The van der Waals surface area contributed by atoms with Crippen LogP contribution < -0.4 is 10.7 Å². The van der Waals surface area contributed by atoms with Gasteiger partial charge in [0.15, 0.2) is 0 Å². The molecule has 0 spiro atoms. The molecule has 0 radical (unpaired) electrons. The summed E-state index contributed by atoms with van der Waals surface area (Å²) in [6, 6.07) is 18.1. The first kappa shape index (κ1) is 27.6. The molecule has 1 heterocycles. The number of allylic oxidation sites excluding steroid dienone is 2. The van der Waals surface area contributed by atoms with Gasteiger partial charge < -0.3 is 10.3 Å². The molecular weight excluding hydrogens is 460 g/mol. The van der Waals surface area contributed by atoms with Gasteiger partial charge in [-0.2, -0.15) is 5.10 Å². The molecule has 0 aliphatic carbocycles. The first-order chi connectivity index (χ1) is 16.9. The summed E-state index contributed by atoms with van der Waals surface area (Å²) in [4.78, 5) is 14.8. The summed E-state index contributed by atoms with van der Waals surface area (Å²) in [5.41, 5.74) is 4.46. The summed E-state index contributed by atoms with van der Waals surface area (Å²) in [6.45, 7) is 8.32. The quantitative estimate of drug-likeness (QED) is 0.129. The molecule has 1 aromatic heterocycles. The van der Waals surface area contributed by atoms with Crippen molar-refractivity contribution in [3.05, 3.63) is 102 Å². The summed E-state index contributed by atoms with van der Waals surface area (Å²) in [5, 5.41) is 12.5. The van der Waals surface area contributed by atoms with Crippen LogP contribution >= 0.6 is 11.6 Å². The molecule has 0 bridgehead atoms. The number of aryl methyl sites for hydroxylation is 1. The number of anilines is 1. The largest absolute Gasteiger partial charge is 0.370 e. The minimum Gasteiger partial charge on any atom is -0.370 e. The van der Waals surface area contributed by atoms with Crippen LogP contribution in [-0.2, 0) is 17.8 Å². The Morgan fingerprint density at radius 2 is 1.86 bits per heavy atom. The Bertz CT molecular complexity index is 1140. The number of hydrogen-bond acceptors (Lipinski definition) is 5. The number of carbonyl (C=O) groups is 1. The van der Waals surface area contributed by atoms with Crippen molar-refractivity contribution >= 4 is 29.4 Å². The maximum absolute atomic E-state index is 12.6. The number of amides is 1. The second-order valence-corrected chi connectivity index (χ2v) is 7.95. The third kappa shape index (κ3) is 7.67. The van der Waals surface area contributed by atoms with E-state index in [2.05, 4.69) is 28.7 Å². The topological polar surface area (TPSA) is 91.2 Å². The number of benzene rings is 2. The van der Waals surface area contributed by atoms with E-state index in [0.29, 0.717) is 13.0 Å². The smallest absolute Gasteiger partial charge is 0.241 e. The van der Waals surface area contributed by atoms with Gasteiger partial charge >= 0.3 is 0 Å². The molecule has 0 aliphatic heterocycles. The summed E-state index contributed by atoms with van der Waals surface area (Å²) in [6.07, 6.45) is 6.73. The highest BCUT2D eigenvalue weighted by Crippen LogP contribution is 2.24. The molecule has 7 nitrogen and oxygen atoms in total. The molecule has 1 amide bonds. The number of nitrogens with one attached hydrogen (secondary N) is 1. The number of aromatic nitrogens is 2. The van der Waals surface area contributed by atoms with Gasteiger partial charge in [0.1, 0.15) is 0 Å². The lowest BCUT2D eigenvalue weighted by Crippen LogP contribution is -2.37. The second kappa shape index (κ2) is 13.9. The van der Waals surface area contributed by atoms with E-state index >= 15 is 0 Å². The Hall–Kier alpha value is -3.68. The van der Waals surface area contributed by atoms with Crippen LogP contribution in [0.4, 0.5) is 5.69 Å². The van der Waals surface area contributed by atoms with Crippen molar-refractivity contribution in [3.8, 4) is 5.69 Å². The zero-order chi connectivity index (χ0) is 25.8. The van der Waals surface area contributed by atoms with Crippen molar-refractivity contribution in [3.63, 3.8) is 0 Å². The van der Waals surface area contributed by atoms with Crippen LogP contribution in [0.1, 0.15) is 31.4 Å². The first-order valence-electron chi connectivity index (χ1n) is 11.4. The standard InChI is InChI=1S/C25H27ClN6O.C2H6/c1-19(26)23(14-15-27)32(28)25(33)13-10-21-6-3-4-7-24(21)30(2)18-20-8-11-22(12-9-20)31-17-5-16-29-31;1-2/h3-9,11-12,14-17,27H,1,10,13,18,28H2,2H3;1-2H3/b23-14+,27-15?;. The zero-order valence-electron chi connectivity index (χ0n) is 20.5. The number of hydrazine groups is 1. The van der Waals surface area contributed by atoms with Crippen molar-refractivity contribution in [2.75, 3.05) is 11.9 Å². The normalized spacial score (nSPS) is 10.7. The molecule has 35 heavy (non-hydrogen) atoms. The van der Waals surface area contributed by atoms with E-state index in [1.54, 1.807) is 6.20 Å². The molecule has 0 unspecified atom stereocenters. The van der Waals surface area contributed by atoms with Crippen molar-refractivity contribution in [1.82, 2.24) is 14.8 Å². The molecule has 0 atom stereocenters. The van der Waals surface area contributed by atoms with Crippen molar-refractivity contribution in [1.29, 1.82) is 5.41 Å². The highest BCUT2D eigenvalue weighted by molar-refractivity contribution is 6.31. The van der Waals surface area contributed by atoms with Crippen LogP contribution in [0.2, 0.25) is 0 Å². The minimum atomic E-state index is -0.309. The van der Waals surface area contributed by atoms with Gasteiger partial charge in [-0.05, 0) is 47.9 Å². The molecule has 3 aromatic rings. The summed E-state index contributed by atoms with van der Waals surface area (Å²) in [7, 11) is 2.03. The molecule has 0 saturated carbocycles. The predicted octanol–water partition coefficient (Wildman–Crippen LogP) is 5.46. The fourth-order valence-electron chi connectivity index (χ4n) is 3.51. The van der Waals surface area contributed by atoms with Gasteiger partial charge in [0.2, 0.25) is 5.91 Å². The number of rotatable bonds is 10. The van der Waals surface area contributed by atoms with Gasteiger partial charge in [0.05, 0.1) is 16.4 Å². The van der Waals surface area contributed by atoms with Gasteiger partial charge in [-0.25, -0.2) is 15.5 Å². The number of nitrogens with zero attached hydrogens (tertiary/aromatic N) is 4. The molecule has 0 saturated heterocycles. The molecule has 8 heteroatoms. The predicted molar refractivity (Wildman–Crippen MR) is 145 cm³/mol. The monoisotopic (exact) mass is 492 g/mol. The molecule has 3 rings (SSSR count). The lowest BCUT2D eigenvalue weighted by Gasteiger charge is -2.23. The maximum Gasteiger partial charge on any atom is 0.241 e. The van der Waals surface area contributed by atoms with Gasteiger partial charge in [0.25, 0.3) is 0 Å². The number of nitrogens with two attached hydrogens (primary N) is 1. The van der Waals surface area contributed by atoms with Crippen LogP contribution in [0.5, 0.6) is 0 Å². The van der Waals surface area contributed by atoms with Crippen LogP contribution in [0.25, 0.3) is 5.69 Å². The minimum absolute atomic E-state index is 0.105. The molecule has 3 N–H and O–H groups in total.